The third-order valence-corrected chi connectivity index (χ3v) is 2.86. The van der Waals surface area contributed by atoms with E-state index in [2.05, 4.69) is 5.32 Å². The van der Waals surface area contributed by atoms with E-state index in [1.807, 2.05) is 13.8 Å². The van der Waals surface area contributed by atoms with Gasteiger partial charge in [0.25, 0.3) is 5.91 Å². The molecule has 0 atom stereocenters. The normalized spacial score (nSPS) is 10.4. The second-order valence-electron chi connectivity index (χ2n) is 5.00. The maximum Gasteiger partial charge on any atom is 0.255 e. The Kier molecular flexibility index (Phi) is 4.88. The molecule has 0 spiro atoms. The van der Waals surface area contributed by atoms with Gasteiger partial charge in [-0.2, -0.15) is 0 Å². The van der Waals surface area contributed by atoms with Crippen molar-refractivity contribution in [2.45, 2.75) is 20.0 Å². The van der Waals surface area contributed by atoms with Gasteiger partial charge in [0.05, 0.1) is 11.8 Å². The molecule has 2 rings (SSSR count). The maximum absolute atomic E-state index is 12.9. The number of hydrogen-bond acceptors (Lipinski definition) is 3. The number of carbonyl (C=O) groups excluding carboxylic acids is 2. The van der Waals surface area contributed by atoms with Gasteiger partial charge in [-0.25, -0.2) is 4.39 Å². The van der Waals surface area contributed by atoms with Crippen LogP contribution in [0.15, 0.2) is 42.5 Å². The second kappa shape index (κ2) is 6.85. The van der Waals surface area contributed by atoms with E-state index in [0.717, 1.165) is 0 Å². The molecule has 2 aromatic rings. The number of ether oxygens (including phenoxy) is 1. The molecule has 0 saturated heterocycles. The number of aldehydes is 1. The summed E-state index contributed by atoms with van der Waals surface area (Å²) in [6.45, 7) is 3.72. The predicted octanol–water partition coefficient (Wildman–Crippen LogP) is 3.68. The minimum atomic E-state index is -0.414. The first-order valence-electron chi connectivity index (χ1n) is 6.82. The second-order valence-corrected chi connectivity index (χ2v) is 5.00. The lowest BCUT2D eigenvalue weighted by Crippen LogP contribution is -2.14. The maximum atomic E-state index is 12.9. The van der Waals surface area contributed by atoms with Gasteiger partial charge >= 0.3 is 0 Å². The van der Waals surface area contributed by atoms with Gasteiger partial charge in [0.2, 0.25) is 0 Å². The SMILES string of the molecule is CC(C)Oc1ccc(C=O)cc1NC(=O)c1ccc(F)cc1. The Morgan fingerprint density at radius 3 is 2.45 bits per heavy atom. The largest absolute Gasteiger partial charge is 0.489 e. The van der Waals surface area contributed by atoms with Crippen LogP contribution in [0.4, 0.5) is 10.1 Å². The number of hydrogen-bond donors (Lipinski definition) is 1. The molecule has 2 aromatic carbocycles. The van der Waals surface area contributed by atoms with E-state index in [-0.39, 0.29) is 6.10 Å². The van der Waals surface area contributed by atoms with E-state index >= 15 is 0 Å². The van der Waals surface area contributed by atoms with Crippen LogP contribution in [0.25, 0.3) is 0 Å². The van der Waals surface area contributed by atoms with Crippen LogP contribution in [-0.2, 0) is 0 Å². The summed E-state index contributed by atoms with van der Waals surface area (Å²) in [5, 5.41) is 2.68. The minimum Gasteiger partial charge on any atom is -0.489 e. The van der Waals surface area contributed by atoms with Crippen molar-refractivity contribution in [1.82, 2.24) is 0 Å². The molecule has 22 heavy (non-hydrogen) atoms. The molecule has 0 aliphatic rings. The minimum absolute atomic E-state index is 0.0800. The molecule has 0 bridgehead atoms. The van der Waals surface area contributed by atoms with Crippen molar-refractivity contribution in [2.75, 3.05) is 5.32 Å². The van der Waals surface area contributed by atoms with E-state index in [1.54, 1.807) is 12.1 Å². The molecular formula is C17H16FNO3. The first-order valence-corrected chi connectivity index (χ1v) is 6.82. The summed E-state index contributed by atoms with van der Waals surface area (Å²) >= 11 is 0. The summed E-state index contributed by atoms with van der Waals surface area (Å²) in [4.78, 5) is 23.1. The molecule has 1 N–H and O–H groups in total. The van der Waals surface area contributed by atoms with Crippen LogP contribution in [0.1, 0.15) is 34.6 Å². The highest BCUT2D eigenvalue weighted by Crippen LogP contribution is 2.27. The molecule has 0 aliphatic heterocycles. The van der Waals surface area contributed by atoms with Gasteiger partial charge in [0.1, 0.15) is 17.9 Å². The van der Waals surface area contributed by atoms with Crippen LogP contribution in [0.3, 0.4) is 0 Å². The van der Waals surface area contributed by atoms with Crippen molar-refractivity contribution >= 4 is 17.9 Å². The lowest BCUT2D eigenvalue weighted by Gasteiger charge is -2.15. The predicted molar refractivity (Wildman–Crippen MR) is 81.9 cm³/mol. The summed E-state index contributed by atoms with van der Waals surface area (Å²) < 4.78 is 18.5. The van der Waals surface area contributed by atoms with Crippen LogP contribution >= 0.6 is 0 Å². The van der Waals surface area contributed by atoms with Crippen LogP contribution in [0.5, 0.6) is 5.75 Å². The Morgan fingerprint density at radius 1 is 1.18 bits per heavy atom. The van der Waals surface area contributed by atoms with Crippen LogP contribution in [-0.4, -0.2) is 18.3 Å². The van der Waals surface area contributed by atoms with Gasteiger partial charge in [-0.05, 0) is 56.3 Å². The molecule has 0 aliphatic carbocycles. The van der Waals surface area contributed by atoms with Crippen molar-refractivity contribution in [3.05, 3.63) is 59.4 Å². The third-order valence-electron chi connectivity index (χ3n) is 2.86. The smallest absolute Gasteiger partial charge is 0.255 e. The molecule has 0 radical (unpaired) electrons. The van der Waals surface area contributed by atoms with Crippen molar-refractivity contribution in [3.8, 4) is 5.75 Å². The molecule has 0 fully saturated rings. The van der Waals surface area contributed by atoms with E-state index in [4.69, 9.17) is 4.74 Å². The summed E-state index contributed by atoms with van der Waals surface area (Å²) in [5.41, 5.74) is 1.13. The topological polar surface area (TPSA) is 55.4 Å². The van der Waals surface area contributed by atoms with E-state index in [0.29, 0.717) is 28.8 Å². The number of halogens is 1. The summed E-state index contributed by atoms with van der Waals surface area (Å²) in [7, 11) is 0. The molecule has 0 heterocycles. The molecule has 4 nitrogen and oxygen atoms in total. The van der Waals surface area contributed by atoms with Crippen molar-refractivity contribution in [1.29, 1.82) is 0 Å². The number of anilines is 1. The Labute approximate surface area is 127 Å². The highest BCUT2D eigenvalue weighted by Gasteiger charge is 2.12. The number of benzene rings is 2. The number of rotatable bonds is 5. The highest BCUT2D eigenvalue weighted by atomic mass is 19.1. The fourth-order valence-corrected chi connectivity index (χ4v) is 1.87. The van der Waals surface area contributed by atoms with Gasteiger partial charge in [0.15, 0.2) is 0 Å². The van der Waals surface area contributed by atoms with Crippen LogP contribution < -0.4 is 10.1 Å². The first kappa shape index (κ1) is 15.7. The Balaban J connectivity index is 2.27. The molecule has 0 unspecified atom stereocenters. The average Bonchev–Trinajstić information content (AvgIpc) is 2.49. The molecule has 1 amide bonds. The van der Waals surface area contributed by atoms with E-state index in [9.17, 15) is 14.0 Å². The lowest BCUT2D eigenvalue weighted by atomic mass is 10.1. The highest BCUT2D eigenvalue weighted by molar-refractivity contribution is 6.05. The number of amides is 1. The zero-order chi connectivity index (χ0) is 16.1. The zero-order valence-corrected chi connectivity index (χ0v) is 12.3. The number of nitrogens with one attached hydrogen (secondary N) is 1. The molecule has 0 aromatic heterocycles. The van der Waals surface area contributed by atoms with Gasteiger partial charge < -0.3 is 10.1 Å². The molecule has 114 valence electrons. The lowest BCUT2D eigenvalue weighted by molar-refractivity contribution is 0.102. The molecular weight excluding hydrogens is 285 g/mol. The van der Waals surface area contributed by atoms with Gasteiger partial charge in [-0.15, -0.1) is 0 Å². The van der Waals surface area contributed by atoms with Crippen LogP contribution in [0, 0.1) is 5.82 Å². The quantitative estimate of drug-likeness (QED) is 0.857. The fourth-order valence-electron chi connectivity index (χ4n) is 1.87. The monoisotopic (exact) mass is 301 g/mol. The van der Waals surface area contributed by atoms with E-state index in [1.165, 1.54) is 30.3 Å². The summed E-state index contributed by atoms with van der Waals surface area (Å²) in [6, 6.07) is 9.97. The molecule has 5 heteroatoms. The number of carbonyl (C=O) groups is 2. The summed E-state index contributed by atoms with van der Waals surface area (Å²) in [6.07, 6.45) is 0.607. The van der Waals surface area contributed by atoms with Gasteiger partial charge in [-0.1, -0.05) is 0 Å². The Hall–Kier alpha value is -2.69. The van der Waals surface area contributed by atoms with E-state index < -0.39 is 11.7 Å². The molecule has 0 saturated carbocycles. The van der Waals surface area contributed by atoms with Gasteiger partial charge in [-0.3, -0.25) is 9.59 Å². The Morgan fingerprint density at radius 2 is 1.86 bits per heavy atom. The fraction of sp³-hybridized carbons (Fsp3) is 0.176. The first-order chi connectivity index (χ1) is 10.5. The average molecular weight is 301 g/mol. The standard InChI is InChI=1S/C17H16FNO3/c1-11(2)22-16-8-3-12(10-20)9-15(16)19-17(21)13-4-6-14(18)7-5-13/h3-11H,1-2H3,(H,19,21). The van der Waals surface area contributed by atoms with Crippen molar-refractivity contribution < 1.29 is 18.7 Å². The summed E-state index contributed by atoms with van der Waals surface area (Å²) in [5.74, 6) is -0.351. The Bertz CT molecular complexity index is 681. The van der Waals surface area contributed by atoms with Crippen molar-refractivity contribution in [2.24, 2.45) is 0 Å². The van der Waals surface area contributed by atoms with Crippen molar-refractivity contribution in [3.63, 3.8) is 0 Å². The zero-order valence-electron chi connectivity index (χ0n) is 12.3. The third kappa shape index (κ3) is 3.91. The van der Waals surface area contributed by atoms with Gasteiger partial charge in [0, 0.05) is 11.1 Å². The van der Waals surface area contributed by atoms with Crippen LogP contribution in [0.2, 0.25) is 0 Å².